The summed E-state index contributed by atoms with van der Waals surface area (Å²) in [4.78, 5) is 12.8. The lowest BCUT2D eigenvalue weighted by Gasteiger charge is -2.05. The van der Waals surface area contributed by atoms with Crippen molar-refractivity contribution >= 4 is 33.6 Å². The number of amides is 1. The summed E-state index contributed by atoms with van der Waals surface area (Å²) in [5.74, 6) is 1.56. The second kappa shape index (κ2) is 7.40. The van der Waals surface area contributed by atoms with Crippen molar-refractivity contribution in [1.82, 2.24) is 5.32 Å². The Morgan fingerprint density at radius 2 is 2.11 bits per heavy atom. The monoisotopic (exact) mass is 339 g/mol. The average molecular weight is 340 g/mol. The van der Waals surface area contributed by atoms with Crippen LogP contribution in [-0.4, -0.2) is 11.7 Å². The largest absolute Gasteiger partial charge is 0.467 e. The van der Waals surface area contributed by atoms with E-state index in [2.05, 4.69) is 21.2 Å². The minimum Gasteiger partial charge on any atom is -0.467 e. The number of carbonyl (C=O) groups excluding carboxylic acids is 1. The molecule has 5 heteroatoms. The SMILES string of the molecule is O=C(CCSc1ccccc1Br)NCc1ccco1. The molecule has 1 aromatic carbocycles. The lowest BCUT2D eigenvalue weighted by Crippen LogP contribution is -2.22. The molecule has 1 aromatic heterocycles. The van der Waals surface area contributed by atoms with Crippen molar-refractivity contribution in [3.8, 4) is 0 Å². The molecular weight excluding hydrogens is 326 g/mol. The molecular formula is C14H14BrNO2S. The summed E-state index contributed by atoms with van der Waals surface area (Å²) >= 11 is 5.15. The Bertz CT molecular complexity index is 528. The smallest absolute Gasteiger partial charge is 0.221 e. The number of rotatable bonds is 6. The van der Waals surface area contributed by atoms with Gasteiger partial charge >= 0.3 is 0 Å². The summed E-state index contributed by atoms with van der Waals surface area (Å²) in [5.41, 5.74) is 0. The summed E-state index contributed by atoms with van der Waals surface area (Å²) in [5, 5.41) is 2.83. The second-order valence-corrected chi connectivity index (χ2v) is 5.88. The fourth-order valence-electron chi connectivity index (χ4n) is 1.50. The van der Waals surface area contributed by atoms with Gasteiger partial charge in [0.05, 0.1) is 12.8 Å². The van der Waals surface area contributed by atoms with Crippen LogP contribution in [0.1, 0.15) is 12.2 Å². The van der Waals surface area contributed by atoms with Crippen molar-refractivity contribution in [2.45, 2.75) is 17.9 Å². The van der Waals surface area contributed by atoms with Crippen molar-refractivity contribution < 1.29 is 9.21 Å². The fraction of sp³-hybridized carbons (Fsp3) is 0.214. The molecule has 0 spiro atoms. The first-order chi connectivity index (χ1) is 9.25. The lowest BCUT2D eigenvalue weighted by atomic mass is 10.4. The van der Waals surface area contributed by atoms with E-state index < -0.39 is 0 Å². The maximum Gasteiger partial charge on any atom is 0.221 e. The Kier molecular flexibility index (Phi) is 5.54. The van der Waals surface area contributed by atoms with Crippen LogP contribution < -0.4 is 5.32 Å². The average Bonchev–Trinajstić information content (AvgIpc) is 2.92. The van der Waals surface area contributed by atoms with E-state index in [1.165, 1.54) is 0 Å². The predicted octanol–water partition coefficient (Wildman–Crippen LogP) is 3.84. The van der Waals surface area contributed by atoms with Crippen LogP contribution in [0.3, 0.4) is 0 Å². The number of carbonyl (C=O) groups is 1. The van der Waals surface area contributed by atoms with Gasteiger partial charge in [-0.3, -0.25) is 4.79 Å². The highest BCUT2D eigenvalue weighted by Crippen LogP contribution is 2.27. The van der Waals surface area contributed by atoms with Gasteiger partial charge in [0.1, 0.15) is 5.76 Å². The van der Waals surface area contributed by atoms with E-state index in [0.717, 1.165) is 20.9 Å². The van der Waals surface area contributed by atoms with Gasteiger partial charge in [-0.05, 0) is 40.2 Å². The van der Waals surface area contributed by atoms with E-state index in [1.807, 2.05) is 36.4 Å². The lowest BCUT2D eigenvalue weighted by molar-refractivity contribution is -0.120. The van der Waals surface area contributed by atoms with Gasteiger partial charge in [0.25, 0.3) is 0 Å². The molecule has 0 aliphatic carbocycles. The first kappa shape index (κ1) is 14.2. The van der Waals surface area contributed by atoms with Crippen LogP contribution in [-0.2, 0) is 11.3 Å². The number of hydrogen-bond donors (Lipinski definition) is 1. The first-order valence-electron chi connectivity index (χ1n) is 5.92. The number of furan rings is 1. The summed E-state index contributed by atoms with van der Waals surface area (Å²) in [6.45, 7) is 0.450. The van der Waals surface area contributed by atoms with Crippen LogP contribution in [0.5, 0.6) is 0 Å². The number of nitrogens with one attached hydrogen (secondary N) is 1. The highest BCUT2D eigenvalue weighted by atomic mass is 79.9. The van der Waals surface area contributed by atoms with Crippen molar-refractivity contribution in [3.05, 3.63) is 52.9 Å². The molecule has 0 unspecified atom stereocenters. The molecule has 0 radical (unpaired) electrons. The van der Waals surface area contributed by atoms with Crippen LogP contribution in [0.2, 0.25) is 0 Å². The third-order valence-electron chi connectivity index (χ3n) is 2.46. The van der Waals surface area contributed by atoms with E-state index in [-0.39, 0.29) is 5.91 Å². The van der Waals surface area contributed by atoms with E-state index in [0.29, 0.717) is 13.0 Å². The molecule has 0 saturated heterocycles. The van der Waals surface area contributed by atoms with Gasteiger partial charge < -0.3 is 9.73 Å². The molecule has 0 aliphatic rings. The van der Waals surface area contributed by atoms with Gasteiger partial charge in [-0.25, -0.2) is 0 Å². The van der Waals surface area contributed by atoms with E-state index in [1.54, 1.807) is 18.0 Å². The Morgan fingerprint density at radius 1 is 1.26 bits per heavy atom. The van der Waals surface area contributed by atoms with Gasteiger partial charge in [-0.1, -0.05) is 12.1 Å². The van der Waals surface area contributed by atoms with Crippen molar-refractivity contribution in [2.75, 3.05) is 5.75 Å². The Hall–Kier alpha value is -1.20. The predicted molar refractivity (Wildman–Crippen MR) is 80.0 cm³/mol. The van der Waals surface area contributed by atoms with Gasteiger partial charge in [-0.15, -0.1) is 11.8 Å². The van der Waals surface area contributed by atoms with Gasteiger partial charge in [0.2, 0.25) is 5.91 Å². The van der Waals surface area contributed by atoms with Gasteiger partial charge in [0, 0.05) is 21.5 Å². The third kappa shape index (κ3) is 4.76. The van der Waals surface area contributed by atoms with E-state index >= 15 is 0 Å². The molecule has 2 aromatic rings. The maximum absolute atomic E-state index is 11.6. The van der Waals surface area contributed by atoms with E-state index in [4.69, 9.17) is 4.42 Å². The zero-order valence-corrected chi connectivity index (χ0v) is 12.7. The van der Waals surface area contributed by atoms with Crippen LogP contribution in [0.25, 0.3) is 0 Å². The van der Waals surface area contributed by atoms with Gasteiger partial charge in [0.15, 0.2) is 0 Å². The molecule has 1 amide bonds. The summed E-state index contributed by atoms with van der Waals surface area (Å²) < 4.78 is 6.21. The molecule has 3 nitrogen and oxygen atoms in total. The minimum absolute atomic E-state index is 0.0379. The van der Waals surface area contributed by atoms with Crippen molar-refractivity contribution in [1.29, 1.82) is 0 Å². The summed E-state index contributed by atoms with van der Waals surface area (Å²) in [6, 6.07) is 11.7. The zero-order valence-electron chi connectivity index (χ0n) is 10.3. The molecule has 1 N–H and O–H groups in total. The third-order valence-corrected chi connectivity index (χ3v) is 4.49. The molecule has 2 rings (SSSR count). The topological polar surface area (TPSA) is 42.2 Å². The molecule has 19 heavy (non-hydrogen) atoms. The van der Waals surface area contributed by atoms with Crippen molar-refractivity contribution in [2.24, 2.45) is 0 Å². The van der Waals surface area contributed by atoms with Crippen molar-refractivity contribution in [3.63, 3.8) is 0 Å². The standard InChI is InChI=1S/C14H14BrNO2S/c15-12-5-1-2-6-13(12)19-9-7-14(17)16-10-11-4-3-8-18-11/h1-6,8H,7,9-10H2,(H,16,17). The van der Waals surface area contributed by atoms with Crippen LogP contribution in [0, 0.1) is 0 Å². The van der Waals surface area contributed by atoms with Crippen LogP contribution >= 0.6 is 27.7 Å². The van der Waals surface area contributed by atoms with Crippen LogP contribution in [0.15, 0.2) is 56.4 Å². The molecule has 0 aliphatic heterocycles. The molecule has 0 fully saturated rings. The molecule has 1 heterocycles. The molecule has 100 valence electrons. The Balaban J connectivity index is 1.68. The van der Waals surface area contributed by atoms with Crippen LogP contribution in [0.4, 0.5) is 0 Å². The fourth-order valence-corrected chi connectivity index (χ4v) is 3.02. The molecule has 0 atom stereocenters. The number of hydrogen-bond acceptors (Lipinski definition) is 3. The zero-order chi connectivity index (χ0) is 13.5. The number of halogens is 1. The minimum atomic E-state index is 0.0379. The Morgan fingerprint density at radius 3 is 2.84 bits per heavy atom. The highest BCUT2D eigenvalue weighted by Gasteiger charge is 2.04. The summed E-state index contributed by atoms with van der Waals surface area (Å²) in [7, 11) is 0. The second-order valence-electron chi connectivity index (χ2n) is 3.88. The quantitative estimate of drug-likeness (QED) is 0.813. The Labute approximate surface area is 124 Å². The number of benzene rings is 1. The number of thioether (sulfide) groups is 1. The maximum atomic E-state index is 11.6. The van der Waals surface area contributed by atoms with E-state index in [9.17, 15) is 4.79 Å². The summed E-state index contributed by atoms with van der Waals surface area (Å²) in [6.07, 6.45) is 2.09. The normalized spacial score (nSPS) is 10.4. The first-order valence-corrected chi connectivity index (χ1v) is 7.70. The molecule has 0 bridgehead atoms. The molecule has 0 saturated carbocycles. The highest BCUT2D eigenvalue weighted by molar-refractivity contribution is 9.10. The van der Waals surface area contributed by atoms with Gasteiger partial charge in [-0.2, -0.15) is 0 Å².